The fraction of sp³-hybridized carbons (Fsp3) is 0.231. The quantitative estimate of drug-likeness (QED) is 0.258. The lowest BCUT2D eigenvalue weighted by Crippen LogP contribution is -2.33. The van der Waals surface area contributed by atoms with Crippen molar-refractivity contribution in [2.75, 3.05) is 32.1 Å². The molecule has 10 nitrogen and oxygen atoms in total. The van der Waals surface area contributed by atoms with E-state index in [9.17, 15) is 10.0 Å². The molecule has 0 saturated carbocycles. The first-order chi connectivity index (χ1) is 17.6. The molecule has 4 aromatic rings. The van der Waals surface area contributed by atoms with Gasteiger partial charge < -0.3 is 25.3 Å². The highest BCUT2D eigenvalue weighted by molar-refractivity contribution is 6.04. The van der Waals surface area contributed by atoms with Crippen molar-refractivity contribution >= 4 is 28.8 Å². The van der Waals surface area contributed by atoms with Crippen molar-refractivity contribution < 1.29 is 19.8 Å². The molecule has 36 heavy (non-hydrogen) atoms. The van der Waals surface area contributed by atoms with Gasteiger partial charge in [0.2, 0.25) is 0 Å². The Labute approximate surface area is 207 Å². The molecule has 0 atom stereocenters. The molecule has 0 unspecified atom stereocenters. The third-order valence-electron chi connectivity index (χ3n) is 6.21. The number of hydrogen-bond donors (Lipinski definition) is 3. The summed E-state index contributed by atoms with van der Waals surface area (Å²) in [4.78, 5) is 22.5. The summed E-state index contributed by atoms with van der Waals surface area (Å²) in [6.45, 7) is 0.0645. The average Bonchev–Trinajstić information content (AvgIpc) is 3.48. The number of amides is 1. The lowest BCUT2D eigenvalue weighted by molar-refractivity contribution is -0.132. The Hall–Kier alpha value is -4.44. The van der Waals surface area contributed by atoms with Crippen LogP contribution in [0.3, 0.4) is 0 Å². The van der Waals surface area contributed by atoms with E-state index in [-0.39, 0.29) is 25.7 Å². The Morgan fingerprint density at radius 2 is 2.06 bits per heavy atom. The average molecular weight is 487 g/mol. The molecule has 2 aromatic heterocycles. The van der Waals surface area contributed by atoms with E-state index in [1.165, 1.54) is 4.90 Å². The lowest BCUT2D eigenvalue weighted by Gasteiger charge is -2.16. The van der Waals surface area contributed by atoms with Crippen LogP contribution in [0.25, 0.3) is 16.9 Å². The molecule has 1 aliphatic carbocycles. The number of anilines is 2. The van der Waals surface area contributed by atoms with E-state index in [0.717, 1.165) is 46.7 Å². The minimum atomic E-state index is -0.209. The summed E-state index contributed by atoms with van der Waals surface area (Å²) in [7, 11) is 1.62. The van der Waals surface area contributed by atoms with Crippen LogP contribution in [0.5, 0.6) is 5.75 Å². The topological polar surface area (TPSA) is 125 Å². The lowest BCUT2D eigenvalue weighted by atomic mass is 10.1. The summed E-state index contributed by atoms with van der Waals surface area (Å²) in [6, 6.07) is 13.4. The van der Waals surface area contributed by atoms with Crippen LogP contribution in [0, 0.1) is 0 Å². The third-order valence-corrected chi connectivity index (χ3v) is 6.21. The number of benzene rings is 2. The van der Waals surface area contributed by atoms with E-state index in [4.69, 9.17) is 14.8 Å². The van der Waals surface area contributed by atoms with E-state index in [1.807, 2.05) is 34.9 Å². The SMILES string of the molecule is CN(CCO)C(=O)COc1ccc(-c2nc3cnccn3c2Nc2ccc3c(c2)CCC3=NO)cc1. The zero-order valence-electron chi connectivity index (χ0n) is 19.8. The van der Waals surface area contributed by atoms with Crippen LogP contribution in [0.4, 0.5) is 11.5 Å². The van der Waals surface area contributed by atoms with Crippen LogP contribution >= 0.6 is 0 Å². The monoisotopic (exact) mass is 486 g/mol. The second-order valence-electron chi connectivity index (χ2n) is 8.51. The Balaban J connectivity index is 1.40. The summed E-state index contributed by atoms with van der Waals surface area (Å²) in [5, 5.41) is 25.1. The molecule has 0 aliphatic heterocycles. The molecule has 5 rings (SSSR count). The molecule has 2 heterocycles. The molecule has 10 heteroatoms. The summed E-state index contributed by atoms with van der Waals surface area (Å²) < 4.78 is 7.56. The van der Waals surface area contributed by atoms with Crippen molar-refractivity contribution in [1.29, 1.82) is 0 Å². The number of hydrogen-bond acceptors (Lipinski definition) is 8. The molecule has 0 saturated heterocycles. The highest BCUT2D eigenvalue weighted by Crippen LogP contribution is 2.33. The van der Waals surface area contributed by atoms with E-state index in [1.54, 1.807) is 31.6 Å². The molecule has 2 aromatic carbocycles. The number of likely N-dealkylation sites (N-methyl/N-ethyl adjacent to an activating group) is 1. The van der Waals surface area contributed by atoms with E-state index >= 15 is 0 Å². The summed E-state index contributed by atoms with van der Waals surface area (Å²) >= 11 is 0. The molecule has 0 fully saturated rings. The van der Waals surface area contributed by atoms with Gasteiger partial charge >= 0.3 is 0 Å². The Morgan fingerprint density at radius 3 is 2.83 bits per heavy atom. The van der Waals surface area contributed by atoms with Gasteiger partial charge in [0.25, 0.3) is 5.91 Å². The van der Waals surface area contributed by atoms with E-state index in [2.05, 4.69) is 21.5 Å². The number of aliphatic hydroxyl groups excluding tert-OH is 1. The van der Waals surface area contributed by atoms with Crippen molar-refractivity contribution in [2.45, 2.75) is 12.8 Å². The highest BCUT2D eigenvalue weighted by atomic mass is 16.5. The van der Waals surface area contributed by atoms with E-state index < -0.39 is 0 Å². The number of fused-ring (bicyclic) bond motifs is 2. The number of aromatic nitrogens is 3. The molecule has 3 N–H and O–H groups in total. The molecular formula is C26H26N6O4. The number of nitrogens with one attached hydrogen (secondary N) is 1. The number of imidazole rings is 1. The van der Waals surface area contributed by atoms with Crippen LogP contribution in [-0.4, -0.2) is 68.0 Å². The Morgan fingerprint density at radius 1 is 1.22 bits per heavy atom. The number of rotatable bonds is 8. The summed E-state index contributed by atoms with van der Waals surface area (Å²) in [5.41, 5.74) is 6.02. The zero-order chi connectivity index (χ0) is 25.1. The largest absolute Gasteiger partial charge is 0.484 e. The van der Waals surface area contributed by atoms with Crippen molar-refractivity contribution in [3.05, 3.63) is 72.2 Å². The van der Waals surface area contributed by atoms with Gasteiger partial charge in [-0.1, -0.05) is 11.2 Å². The predicted octanol–water partition coefficient (Wildman–Crippen LogP) is 3.09. The number of ether oxygens (including phenoxy) is 1. The Bertz CT molecular complexity index is 1430. The van der Waals surface area contributed by atoms with Gasteiger partial charge in [0.1, 0.15) is 17.3 Å². The second-order valence-corrected chi connectivity index (χ2v) is 8.51. The van der Waals surface area contributed by atoms with Gasteiger partial charge in [-0.15, -0.1) is 0 Å². The Kier molecular flexibility index (Phi) is 6.50. The zero-order valence-corrected chi connectivity index (χ0v) is 19.8. The molecule has 184 valence electrons. The van der Waals surface area contributed by atoms with Crippen LogP contribution in [-0.2, 0) is 11.2 Å². The maximum Gasteiger partial charge on any atom is 0.260 e. The smallest absolute Gasteiger partial charge is 0.260 e. The molecule has 1 aliphatic rings. The van der Waals surface area contributed by atoms with Crippen molar-refractivity contribution in [3.8, 4) is 17.0 Å². The minimum Gasteiger partial charge on any atom is -0.484 e. The number of oxime groups is 1. The summed E-state index contributed by atoms with van der Waals surface area (Å²) in [5.74, 6) is 1.14. The highest BCUT2D eigenvalue weighted by Gasteiger charge is 2.20. The number of aryl methyl sites for hydroxylation is 1. The molecular weight excluding hydrogens is 460 g/mol. The molecule has 0 radical (unpaired) electrons. The van der Waals surface area contributed by atoms with Crippen LogP contribution in [0.15, 0.2) is 66.2 Å². The second kappa shape index (κ2) is 10.0. The van der Waals surface area contributed by atoms with Gasteiger partial charge in [-0.05, 0) is 54.8 Å². The van der Waals surface area contributed by atoms with E-state index in [0.29, 0.717) is 17.1 Å². The van der Waals surface area contributed by atoms with Gasteiger partial charge in [0, 0.05) is 42.8 Å². The van der Waals surface area contributed by atoms with Gasteiger partial charge in [-0.2, -0.15) is 0 Å². The van der Waals surface area contributed by atoms with Gasteiger partial charge in [0.15, 0.2) is 12.3 Å². The maximum absolute atomic E-state index is 12.1. The summed E-state index contributed by atoms with van der Waals surface area (Å²) in [6.07, 6.45) is 6.81. The van der Waals surface area contributed by atoms with Crippen LogP contribution in [0.1, 0.15) is 17.5 Å². The minimum absolute atomic E-state index is 0.0920. The first kappa shape index (κ1) is 23.3. The fourth-order valence-corrected chi connectivity index (χ4v) is 4.25. The third kappa shape index (κ3) is 4.58. The molecule has 0 spiro atoms. The van der Waals surface area contributed by atoms with Crippen LogP contribution in [0.2, 0.25) is 0 Å². The predicted molar refractivity (Wildman–Crippen MR) is 135 cm³/mol. The van der Waals surface area contributed by atoms with Crippen molar-refractivity contribution in [1.82, 2.24) is 19.3 Å². The maximum atomic E-state index is 12.1. The number of nitrogens with zero attached hydrogens (tertiary/aromatic N) is 5. The molecule has 1 amide bonds. The van der Waals surface area contributed by atoms with Crippen molar-refractivity contribution in [3.63, 3.8) is 0 Å². The normalized spacial score (nSPS) is 13.7. The van der Waals surface area contributed by atoms with Gasteiger partial charge in [0.05, 0.1) is 18.5 Å². The number of aliphatic hydroxyl groups is 1. The fourth-order valence-electron chi connectivity index (χ4n) is 4.25. The van der Waals surface area contributed by atoms with Crippen LogP contribution < -0.4 is 10.1 Å². The van der Waals surface area contributed by atoms with Gasteiger partial charge in [-0.25, -0.2) is 4.98 Å². The molecule has 0 bridgehead atoms. The first-order valence-electron chi connectivity index (χ1n) is 11.6. The number of carbonyl (C=O) groups is 1. The standard InChI is InChI=1S/C26H26N6O4/c1-31(12-13-33)24(34)16-36-20-6-2-17(3-7-20)25-26(32-11-10-27-15-23(32)29-25)28-19-5-8-21-18(14-19)4-9-22(21)30-35/h2-3,5-8,10-11,14-15,28,33,35H,4,9,12-13,16H2,1H3. The van der Waals surface area contributed by atoms with Gasteiger partial charge in [-0.3, -0.25) is 14.2 Å². The van der Waals surface area contributed by atoms with Crippen molar-refractivity contribution in [2.24, 2.45) is 5.16 Å². The first-order valence-corrected chi connectivity index (χ1v) is 11.6. The number of carbonyl (C=O) groups excluding carboxylic acids is 1.